The monoisotopic (exact) mass is 309 g/mol. The van der Waals surface area contributed by atoms with E-state index in [1.54, 1.807) is 14.1 Å². The molecule has 6 heteroatoms. The van der Waals surface area contributed by atoms with Gasteiger partial charge in [0.2, 0.25) is 0 Å². The molecule has 1 saturated heterocycles. The first-order valence-electron chi connectivity index (χ1n) is 6.18. The molecule has 4 nitrogen and oxygen atoms in total. The topological polar surface area (TPSA) is 44.4 Å². The van der Waals surface area contributed by atoms with Gasteiger partial charge in [-0.3, -0.25) is 9.69 Å². The minimum atomic E-state index is -0.358. The highest BCUT2D eigenvalue weighted by molar-refractivity contribution is 7.80. The normalized spacial score (nSPS) is 18.1. The number of amides is 1. The molecule has 1 amide bonds. The molecular formula is C14H16ClN3OS. The lowest BCUT2D eigenvalue weighted by Crippen LogP contribution is -2.29. The summed E-state index contributed by atoms with van der Waals surface area (Å²) in [5.74, 6) is -0.0378. The summed E-state index contributed by atoms with van der Waals surface area (Å²) in [7, 11) is 3.47. The van der Waals surface area contributed by atoms with Gasteiger partial charge in [-0.1, -0.05) is 30.3 Å². The molecule has 2 rings (SSSR count). The fourth-order valence-corrected chi connectivity index (χ4v) is 2.71. The number of nitrogens with zero attached hydrogens (tertiary/aromatic N) is 1. The number of carbonyl (C=O) groups excluding carboxylic acids is 1. The minimum absolute atomic E-state index is 0.0378. The smallest absolute Gasteiger partial charge is 0.251 e. The van der Waals surface area contributed by atoms with Crippen LogP contribution in [0.4, 0.5) is 5.69 Å². The van der Waals surface area contributed by atoms with Crippen LogP contribution in [0, 0.1) is 0 Å². The summed E-state index contributed by atoms with van der Waals surface area (Å²) in [6.45, 7) is 4.07. The molecule has 1 aliphatic rings. The summed E-state index contributed by atoms with van der Waals surface area (Å²) in [5, 5.41) is 7.14. The van der Waals surface area contributed by atoms with Crippen molar-refractivity contribution < 1.29 is 4.79 Å². The van der Waals surface area contributed by atoms with E-state index in [1.807, 2.05) is 18.2 Å². The quantitative estimate of drug-likeness (QED) is 0.839. The number of carbonyl (C=O) groups is 1. The number of benzene rings is 1. The van der Waals surface area contributed by atoms with E-state index in [9.17, 15) is 4.79 Å². The fourth-order valence-electron chi connectivity index (χ4n) is 2.21. The van der Waals surface area contributed by atoms with E-state index in [0.717, 1.165) is 16.8 Å². The zero-order chi connectivity index (χ0) is 14.9. The highest BCUT2D eigenvalue weighted by Crippen LogP contribution is 2.32. The van der Waals surface area contributed by atoms with Gasteiger partial charge in [0.05, 0.1) is 10.7 Å². The highest BCUT2D eigenvalue weighted by Gasteiger charge is 2.33. The average molecular weight is 310 g/mol. The first-order chi connectivity index (χ1) is 9.45. The van der Waals surface area contributed by atoms with Crippen LogP contribution in [0.5, 0.6) is 0 Å². The predicted molar refractivity (Wildman–Crippen MR) is 86.9 cm³/mol. The Labute approximate surface area is 128 Å². The van der Waals surface area contributed by atoms with Gasteiger partial charge >= 0.3 is 0 Å². The summed E-state index contributed by atoms with van der Waals surface area (Å²) in [5.41, 5.74) is 2.57. The molecule has 1 aliphatic heterocycles. The van der Waals surface area contributed by atoms with Crippen molar-refractivity contribution in [3.8, 4) is 0 Å². The lowest BCUT2D eigenvalue weighted by molar-refractivity contribution is -0.126. The Hall–Kier alpha value is -1.59. The van der Waals surface area contributed by atoms with Crippen LogP contribution >= 0.6 is 23.8 Å². The molecule has 0 bridgehead atoms. The lowest BCUT2D eigenvalue weighted by Gasteiger charge is -2.15. The molecule has 2 N–H and O–H groups in total. The van der Waals surface area contributed by atoms with Crippen LogP contribution in [0.3, 0.4) is 0 Å². The first-order valence-corrected chi connectivity index (χ1v) is 6.96. The molecule has 1 unspecified atom stereocenters. The standard InChI is InChI=1S/C14H16ClN3OS/c1-8(7-11-13(19)18(3)14(20)17-11)9-5-4-6-10(15)12(9)16-2/h4-6,11,16H,1,7H2,2-3H3,(H,17,20). The Morgan fingerprint density at radius 1 is 1.60 bits per heavy atom. The first kappa shape index (κ1) is 14.8. The van der Waals surface area contributed by atoms with Gasteiger partial charge in [-0.25, -0.2) is 0 Å². The maximum absolute atomic E-state index is 12.0. The molecule has 0 spiro atoms. The van der Waals surface area contributed by atoms with Gasteiger partial charge in [-0.15, -0.1) is 0 Å². The molecule has 1 fully saturated rings. The predicted octanol–water partition coefficient (Wildman–Crippen LogP) is 2.50. The van der Waals surface area contributed by atoms with Gasteiger partial charge in [0.1, 0.15) is 6.04 Å². The summed E-state index contributed by atoms with van der Waals surface area (Å²) in [6.07, 6.45) is 0.484. The number of likely N-dealkylation sites (N-methyl/N-ethyl adjacent to an activating group) is 1. The van der Waals surface area contributed by atoms with Crippen molar-refractivity contribution >= 4 is 46.1 Å². The van der Waals surface area contributed by atoms with E-state index in [-0.39, 0.29) is 11.9 Å². The van der Waals surface area contributed by atoms with Gasteiger partial charge in [0.25, 0.3) is 5.91 Å². The highest BCUT2D eigenvalue weighted by atomic mass is 35.5. The molecule has 0 saturated carbocycles. The van der Waals surface area contributed by atoms with Gasteiger partial charge in [-0.2, -0.15) is 0 Å². The van der Waals surface area contributed by atoms with Crippen molar-refractivity contribution in [1.29, 1.82) is 0 Å². The van der Waals surface area contributed by atoms with Gasteiger partial charge < -0.3 is 10.6 Å². The summed E-state index contributed by atoms with van der Waals surface area (Å²) >= 11 is 11.2. The Morgan fingerprint density at radius 2 is 2.30 bits per heavy atom. The van der Waals surface area contributed by atoms with Crippen molar-refractivity contribution in [3.63, 3.8) is 0 Å². The summed E-state index contributed by atoms with van der Waals surface area (Å²) in [6, 6.07) is 5.25. The van der Waals surface area contributed by atoms with Crippen LogP contribution < -0.4 is 10.6 Å². The summed E-state index contributed by atoms with van der Waals surface area (Å²) < 4.78 is 0. The van der Waals surface area contributed by atoms with Crippen molar-refractivity contribution in [2.24, 2.45) is 0 Å². The number of nitrogens with one attached hydrogen (secondary N) is 2. The van der Waals surface area contributed by atoms with Gasteiger partial charge in [0, 0.05) is 26.1 Å². The van der Waals surface area contributed by atoms with Crippen molar-refractivity contribution in [3.05, 3.63) is 35.4 Å². The number of anilines is 1. The third kappa shape index (κ3) is 2.64. The van der Waals surface area contributed by atoms with E-state index in [4.69, 9.17) is 23.8 Å². The van der Waals surface area contributed by atoms with Gasteiger partial charge in [-0.05, 0) is 23.9 Å². The molecule has 0 aromatic heterocycles. The second-order valence-electron chi connectivity index (χ2n) is 4.62. The van der Waals surface area contributed by atoms with E-state index in [0.29, 0.717) is 16.6 Å². The molecular weight excluding hydrogens is 294 g/mol. The third-order valence-electron chi connectivity index (χ3n) is 3.33. The third-order valence-corrected chi connectivity index (χ3v) is 4.03. The largest absolute Gasteiger partial charge is 0.386 e. The molecule has 0 aliphatic carbocycles. The number of halogens is 1. The van der Waals surface area contributed by atoms with Crippen LogP contribution in [0.1, 0.15) is 12.0 Å². The zero-order valence-corrected chi connectivity index (χ0v) is 12.9. The molecule has 1 heterocycles. The van der Waals surface area contributed by atoms with Crippen LogP contribution in [0.25, 0.3) is 5.57 Å². The zero-order valence-electron chi connectivity index (χ0n) is 11.4. The van der Waals surface area contributed by atoms with Crippen LogP contribution in [-0.4, -0.2) is 36.1 Å². The SMILES string of the molecule is C=C(CC1NC(=S)N(C)C1=O)c1cccc(Cl)c1NC. The lowest BCUT2D eigenvalue weighted by atomic mass is 9.98. The van der Waals surface area contributed by atoms with Crippen molar-refractivity contribution in [2.75, 3.05) is 19.4 Å². The molecule has 20 heavy (non-hydrogen) atoms. The second kappa shape index (κ2) is 5.81. The van der Waals surface area contributed by atoms with Crippen LogP contribution in [-0.2, 0) is 4.79 Å². The Bertz CT molecular complexity index is 588. The number of hydrogen-bond donors (Lipinski definition) is 2. The molecule has 1 atom stereocenters. The van der Waals surface area contributed by atoms with E-state index < -0.39 is 0 Å². The molecule has 1 aromatic rings. The van der Waals surface area contributed by atoms with Gasteiger partial charge in [0.15, 0.2) is 5.11 Å². The maximum atomic E-state index is 12.0. The number of thiocarbonyl (C=S) groups is 1. The number of para-hydroxylation sites is 1. The van der Waals surface area contributed by atoms with E-state index >= 15 is 0 Å². The maximum Gasteiger partial charge on any atom is 0.251 e. The second-order valence-corrected chi connectivity index (χ2v) is 5.41. The Kier molecular flexibility index (Phi) is 4.30. The van der Waals surface area contributed by atoms with Crippen LogP contribution in [0.15, 0.2) is 24.8 Å². The number of rotatable bonds is 4. The molecule has 106 valence electrons. The van der Waals surface area contributed by atoms with Crippen molar-refractivity contribution in [1.82, 2.24) is 10.2 Å². The van der Waals surface area contributed by atoms with Crippen LogP contribution in [0.2, 0.25) is 5.02 Å². The van der Waals surface area contributed by atoms with E-state index in [1.165, 1.54) is 4.90 Å². The van der Waals surface area contributed by atoms with Crippen molar-refractivity contribution in [2.45, 2.75) is 12.5 Å². The average Bonchev–Trinajstić information content (AvgIpc) is 2.66. The van der Waals surface area contributed by atoms with E-state index in [2.05, 4.69) is 17.2 Å². The fraction of sp³-hybridized carbons (Fsp3) is 0.286. The summed E-state index contributed by atoms with van der Waals surface area (Å²) in [4.78, 5) is 13.4. The molecule has 0 radical (unpaired) electrons. The Morgan fingerprint density at radius 3 is 2.85 bits per heavy atom. The minimum Gasteiger partial charge on any atom is -0.386 e. The Balaban J connectivity index is 2.20. The molecule has 1 aromatic carbocycles. The number of hydrogen-bond acceptors (Lipinski definition) is 3.